The van der Waals surface area contributed by atoms with Crippen LogP contribution in [0.4, 0.5) is 15.0 Å². The van der Waals surface area contributed by atoms with Gasteiger partial charge in [0.1, 0.15) is 11.6 Å². The minimum absolute atomic E-state index is 0.0440. The van der Waals surface area contributed by atoms with Crippen LogP contribution in [0.2, 0.25) is 0 Å². The van der Waals surface area contributed by atoms with Gasteiger partial charge in [-0.2, -0.15) is 0 Å². The van der Waals surface area contributed by atoms with Gasteiger partial charge in [-0.15, -0.1) is 11.8 Å². The third kappa shape index (κ3) is 5.97. The third-order valence-electron chi connectivity index (χ3n) is 7.13. The molecule has 0 radical (unpaired) electrons. The Hall–Kier alpha value is -3.51. The average Bonchev–Trinajstić information content (AvgIpc) is 2.92. The molecule has 1 atom stereocenters. The number of ether oxygens (including phenoxy) is 1. The molecule has 0 saturated heterocycles. The summed E-state index contributed by atoms with van der Waals surface area (Å²) in [6, 6.07) is 7.10. The van der Waals surface area contributed by atoms with Crippen LogP contribution in [0.1, 0.15) is 36.9 Å². The fraction of sp³-hybridized carbons (Fsp3) is 0.423. The molecule has 4 heterocycles. The predicted molar refractivity (Wildman–Crippen MR) is 141 cm³/mol. The summed E-state index contributed by atoms with van der Waals surface area (Å²) < 4.78 is 20.1. The van der Waals surface area contributed by atoms with Crippen LogP contribution < -0.4 is 20.7 Å². The van der Waals surface area contributed by atoms with Crippen LogP contribution in [-0.4, -0.2) is 57.0 Å². The monoisotopic (exact) mass is 540 g/mol. The number of pyridine rings is 3. The van der Waals surface area contributed by atoms with Gasteiger partial charge in [-0.25, -0.2) is 19.2 Å². The Bertz CT molecular complexity index is 1350. The molecule has 38 heavy (non-hydrogen) atoms. The van der Waals surface area contributed by atoms with Gasteiger partial charge in [-0.1, -0.05) is 0 Å². The van der Waals surface area contributed by atoms with Gasteiger partial charge in [0.2, 0.25) is 11.8 Å². The number of nitrogens with zero attached hydrogens (tertiary/aromatic N) is 3. The van der Waals surface area contributed by atoms with Crippen LogP contribution >= 0.6 is 11.8 Å². The number of carboxylic acid groups (broad SMARTS) is 1. The van der Waals surface area contributed by atoms with Crippen LogP contribution in [0, 0.1) is 11.7 Å². The molecule has 4 N–H and O–H groups in total. The first-order valence-corrected chi connectivity index (χ1v) is 13.5. The maximum absolute atomic E-state index is 14.9. The molecular formula is C26H29FN6O4S. The number of fused-ring (bicyclic) bond motifs is 2. The second-order valence-corrected chi connectivity index (χ2v) is 10.6. The summed E-state index contributed by atoms with van der Waals surface area (Å²) in [7, 11) is 1.49. The summed E-state index contributed by atoms with van der Waals surface area (Å²) in [5.74, 6) is 0.846. The highest BCUT2D eigenvalue weighted by molar-refractivity contribution is 8.00. The Kier molecular flexibility index (Phi) is 7.89. The molecule has 2 aliphatic rings. The van der Waals surface area contributed by atoms with Gasteiger partial charge in [0.25, 0.3) is 0 Å². The zero-order valence-electron chi connectivity index (χ0n) is 20.9. The van der Waals surface area contributed by atoms with Gasteiger partial charge in [0.05, 0.1) is 40.7 Å². The normalized spacial score (nSPS) is 19.9. The zero-order valence-corrected chi connectivity index (χ0v) is 21.7. The van der Waals surface area contributed by atoms with Gasteiger partial charge in [0.15, 0.2) is 0 Å². The molecule has 0 bridgehead atoms. The second-order valence-electron chi connectivity index (χ2n) is 9.54. The molecule has 0 spiro atoms. The van der Waals surface area contributed by atoms with Crippen molar-refractivity contribution < 1.29 is 23.8 Å². The molecular weight excluding hydrogens is 511 g/mol. The molecule has 3 aromatic heterocycles. The molecule has 0 aromatic carbocycles. The summed E-state index contributed by atoms with van der Waals surface area (Å²) in [6.07, 6.45) is 3.47. The van der Waals surface area contributed by atoms with Crippen LogP contribution in [0.25, 0.3) is 11.0 Å². The minimum Gasteiger partial charge on any atom is -0.481 e. The number of amides is 2. The number of carbonyl (C=O) groups is 2. The van der Waals surface area contributed by atoms with Gasteiger partial charge in [-0.05, 0) is 56.2 Å². The number of halogens is 1. The van der Waals surface area contributed by atoms with Crippen LogP contribution in [0.3, 0.4) is 0 Å². The Morgan fingerprint density at radius 1 is 1.24 bits per heavy atom. The molecule has 5 rings (SSSR count). The van der Waals surface area contributed by atoms with Crippen molar-refractivity contribution in [3.05, 3.63) is 47.5 Å². The number of hydrogen-bond acceptors (Lipinski definition) is 8. The quantitative estimate of drug-likeness (QED) is 0.337. The standard InChI is InChI=1S/C26H29FN6O4S/c1-37-23-9-7-19-24(33-23)17(18(27)12-29-19)10-20(31-26(35)36)14-2-4-15(5-3-14)28-11-16-6-8-21-25(30-16)32-22(34)13-38-21/h6-9,12,14-15,20,28,31H,2-5,10-11,13H2,1H3,(H,35,36)(H,30,32,34)/t14-,15+,20?. The Morgan fingerprint density at radius 3 is 2.82 bits per heavy atom. The second kappa shape index (κ2) is 11.5. The van der Waals surface area contributed by atoms with Crippen molar-refractivity contribution in [2.24, 2.45) is 5.92 Å². The fourth-order valence-electron chi connectivity index (χ4n) is 5.18. The Morgan fingerprint density at radius 2 is 2.05 bits per heavy atom. The van der Waals surface area contributed by atoms with E-state index in [0.717, 1.165) is 42.5 Å². The maximum atomic E-state index is 14.9. The van der Waals surface area contributed by atoms with E-state index in [0.29, 0.717) is 40.6 Å². The lowest BCUT2D eigenvalue weighted by atomic mass is 9.79. The Labute approximate surface area is 223 Å². The van der Waals surface area contributed by atoms with E-state index in [1.165, 1.54) is 18.9 Å². The highest BCUT2D eigenvalue weighted by Gasteiger charge is 2.30. The molecule has 10 nitrogen and oxygen atoms in total. The van der Waals surface area contributed by atoms with Gasteiger partial charge < -0.3 is 25.8 Å². The number of nitrogens with one attached hydrogen (secondary N) is 3. The van der Waals surface area contributed by atoms with Crippen LogP contribution in [0.15, 0.2) is 35.4 Å². The highest BCUT2D eigenvalue weighted by Crippen LogP contribution is 2.32. The van der Waals surface area contributed by atoms with Crippen molar-refractivity contribution in [1.29, 1.82) is 0 Å². The number of aromatic nitrogens is 3. The number of rotatable bonds is 8. The summed E-state index contributed by atoms with van der Waals surface area (Å²) in [4.78, 5) is 37.3. The largest absolute Gasteiger partial charge is 0.481 e. The van der Waals surface area contributed by atoms with Crippen LogP contribution in [-0.2, 0) is 17.8 Å². The molecule has 2 amide bonds. The predicted octanol–water partition coefficient (Wildman–Crippen LogP) is 3.74. The van der Waals surface area contributed by atoms with E-state index >= 15 is 0 Å². The van der Waals surface area contributed by atoms with Crippen LogP contribution in [0.5, 0.6) is 5.88 Å². The topological polar surface area (TPSA) is 138 Å². The van der Waals surface area contributed by atoms with E-state index < -0.39 is 18.0 Å². The SMILES string of the molecule is COc1ccc2ncc(F)c(CC(NC(=O)O)[C@H]3CC[C@@H](NCc4ccc5c(n4)NC(=O)CS5)CC3)c2n1. The summed E-state index contributed by atoms with van der Waals surface area (Å²) >= 11 is 1.48. The third-order valence-corrected chi connectivity index (χ3v) is 8.17. The molecule has 1 saturated carbocycles. The van der Waals surface area contributed by atoms with Crippen molar-refractivity contribution >= 4 is 40.6 Å². The van der Waals surface area contributed by atoms with E-state index in [1.807, 2.05) is 12.1 Å². The Balaban J connectivity index is 1.23. The minimum atomic E-state index is -1.14. The molecule has 200 valence electrons. The molecule has 12 heteroatoms. The summed E-state index contributed by atoms with van der Waals surface area (Å²) in [5, 5.41) is 18.5. The van der Waals surface area contributed by atoms with Crippen molar-refractivity contribution in [2.75, 3.05) is 18.2 Å². The molecule has 1 aliphatic carbocycles. The van der Waals surface area contributed by atoms with Crippen molar-refractivity contribution in [3.8, 4) is 5.88 Å². The molecule has 1 aliphatic heterocycles. The average molecular weight is 541 g/mol. The first-order valence-electron chi connectivity index (χ1n) is 12.5. The van der Waals surface area contributed by atoms with Crippen molar-refractivity contribution in [1.82, 2.24) is 25.6 Å². The van der Waals surface area contributed by atoms with E-state index in [-0.39, 0.29) is 24.3 Å². The van der Waals surface area contributed by atoms with E-state index in [9.17, 15) is 19.1 Å². The first-order chi connectivity index (χ1) is 18.4. The lowest BCUT2D eigenvalue weighted by Gasteiger charge is -2.34. The molecule has 1 fully saturated rings. The molecule has 1 unspecified atom stereocenters. The van der Waals surface area contributed by atoms with Gasteiger partial charge >= 0.3 is 6.09 Å². The van der Waals surface area contributed by atoms with Crippen molar-refractivity contribution in [2.45, 2.75) is 55.6 Å². The maximum Gasteiger partial charge on any atom is 0.404 e. The first kappa shape index (κ1) is 26.1. The van der Waals surface area contributed by atoms with E-state index in [4.69, 9.17) is 4.74 Å². The number of carbonyl (C=O) groups excluding carboxylic acids is 1. The van der Waals surface area contributed by atoms with E-state index in [2.05, 4.69) is 30.9 Å². The number of anilines is 1. The highest BCUT2D eigenvalue weighted by atomic mass is 32.2. The lowest BCUT2D eigenvalue weighted by molar-refractivity contribution is -0.113. The van der Waals surface area contributed by atoms with E-state index in [1.54, 1.807) is 12.1 Å². The van der Waals surface area contributed by atoms with Gasteiger partial charge in [-0.3, -0.25) is 9.78 Å². The number of thioether (sulfide) groups is 1. The molecule has 3 aromatic rings. The smallest absolute Gasteiger partial charge is 0.404 e. The van der Waals surface area contributed by atoms with Gasteiger partial charge in [0, 0.05) is 30.3 Å². The number of hydrogen-bond donors (Lipinski definition) is 4. The fourth-order valence-corrected chi connectivity index (χ4v) is 5.93. The van der Waals surface area contributed by atoms with Crippen molar-refractivity contribution in [3.63, 3.8) is 0 Å². The summed E-state index contributed by atoms with van der Waals surface area (Å²) in [6.45, 7) is 0.571. The summed E-state index contributed by atoms with van der Waals surface area (Å²) in [5.41, 5.74) is 2.08. The lowest BCUT2D eigenvalue weighted by Crippen LogP contribution is -2.44. The zero-order chi connectivity index (χ0) is 26.6. The number of methoxy groups -OCH3 is 1.